The van der Waals surface area contributed by atoms with Crippen molar-refractivity contribution < 1.29 is 24.2 Å². The van der Waals surface area contributed by atoms with E-state index >= 15 is 0 Å². The van der Waals surface area contributed by atoms with E-state index in [1.807, 2.05) is 13.0 Å². The van der Waals surface area contributed by atoms with Crippen molar-refractivity contribution in [3.8, 4) is 11.5 Å². The van der Waals surface area contributed by atoms with E-state index in [0.717, 1.165) is 23.8 Å². The summed E-state index contributed by atoms with van der Waals surface area (Å²) in [7, 11) is 1.53. The van der Waals surface area contributed by atoms with E-state index in [4.69, 9.17) is 14.6 Å². The number of carbonyl (C=O) groups excluding carboxylic acids is 1. The van der Waals surface area contributed by atoms with Gasteiger partial charge in [-0.05, 0) is 31.2 Å². The minimum atomic E-state index is -1.48. The summed E-state index contributed by atoms with van der Waals surface area (Å²) in [6.45, 7) is 1.97. The van der Waals surface area contributed by atoms with Crippen molar-refractivity contribution in [1.82, 2.24) is 0 Å². The first-order valence-electron chi connectivity index (χ1n) is 5.84. The Hall–Kier alpha value is -2.30. The normalized spacial score (nSPS) is 17.1. The molecular formula is C14H14O5. The van der Waals surface area contributed by atoms with E-state index in [2.05, 4.69) is 0 Å². The average molecular weight is 262 g/mol. The Bertz CT molecular complexity index is 559. The molecule has 19 heavy (non-hydrogen) atoms. The molecule has 0 fully saturated rings. The first-order valence-corrected chi connectivity index (χ1v) is 5.84. The van der Waals surface area contributed by atoms with Crippen LogP contribution in [0.5, 0.6) is 11.5 Å². The highest BCUT2D eigenvalue weighted by Crippen LogP contribution is 2.35. The zero-order valence-corrected chi connectivity index (χ0v) is 10.7. The van der Waals surface area contributed by atoms with Crippen molar-refractivity contribution in [2.45, 2.75) is 19.4 Å². The third-order valence-corrected chi connectivity index (χ3v) is 2.87. The molecule has 1 atom stereocenters. The highest BCUT2D eigenvalue weighted by Gasteiger charge is 2.21. The van der Waals surface area contributed by atoms with Crippen molar-refractivity contribution in [2.75, 3.05) is 7.11 Å². The molecule has 0 amide bonds. The van der Waals surface area contributed by atoms with Crippen LogP contribution < -0.4 is 9.47 Å². The molecule has 0 saturated heterocycles. The molecule has 1 aliphatic rings. The molecule has 0 aliphatic carbocycles. The zero-order chi connectivity index (χ0) is 14.0. The number of carboxylic acids is 1. The first-order chi connectivity index (χ1) is 9.01. The number of benzene rings is 1. The molecule has 1 aromatic carbocycles. The summed E-state index contributed by atoms with van der Waals surface area (Å²) >= 11 is 0. The number of carboxylic acid groups (broad SMARTS) is 1. The third kappa shape index (κ3) is 2.76. The quantitative estimate of drug-likeness (QED) is 0.660. The highest BCUT2D eigenvalue weighted by atomic mass is 16.5. The van der Waals surface area contributed by atoms with Crippen LogP contribution in [0.2, 0.25) is 0 Å². The van der Waals surface area contributed by atoms with Gasteiger partial charge in [-0.25, -0.2) is 4.79 Å². The number of ether oxygens (including phenoxy) is 2. The standard InChI is InChI=1S/C14H14O5/c1-8-5-10-7-12(18-2)9(6-13(10)19-8)3-4-11(15)14(16)17/h3-4,6-8H,5H2,1-2H3,(H,16,17)/b4-3+. The Labute approximate surface area is 110 Å². The van der Waals surface area contributed by atoms with Crippen molar-refractivity contribution in [3.63, 3.8) is 0 Å². The van der Waals surface area contributed by atoms with Crippen LogP contribution in [0.25, 0.3) is 6.08 Å². The average Bonchev–Trinajstić information content (AvgIpc) is 2.73. The molecule has 0 saturated carbocycles. The maximum absolute atomic E-state index is 11.0. The molecule has 1 heterocycles. The summed E-state index contributed by atoms with van der Waals surface area (Å²) in [6, 6.07) is 3.60. The van der Waals surface area contributed by atoms with Crippen molar-refractivity contribution in [1.29, 1.82) is 0 Å². The van der Waals surface area contributed by atoms with Crippen molar-refractivity contribution in [2.24, 2.45) is 0 Å². The highest BCUT2D eigenvalue weighted by molar-refractivity contribution is 6.38. The summed E-state index contributed by atoms with van der Waals surface area (Å²) in [5.74, 6) is -1.13. The third-order valence-electron chi connectivity index (χ3n) is 2.87. The van der Waals surface area contributed by atoms with Crippen LogP contribution in [-0.2, 0) is 16.0 Å². The Balaban J connectivity index is 2.33. The summed E-state index contributed by atoms with van der Waals surface area (Å²) in [4.78, 5) is 21.5. The summed E-state index contributed by atoms with van der Waals surface area (Å²) in [5, 5.41) is 8.52. The van der Waals surface area contributed by atoms with Crippen LogP contribution in [-0.4, -0.2) is 30.1 Å². The van der Waals surface area contributed by atoms with E-state index in [1.54, 1.807) is 6.07 Å². The number of aliphatic carboxylic acids is 1. The van der Waals surface area contributed by atoms with Crippen LogP contribution in [0.1, 0.15) is 18.1 Å². The smallest absolute Gasteiger partial charge is 0.376 e. The van der Waals surface area contributed by atoms with Gasteiger partial charge in [0.1, 0.15) is 17.6 Å². The van der Waals surface area contributed by atoms with Crippen LogP contribution in [0.3, 0.4) is 0 Å². The maximum atomic E-state index is 11.0. The van der Waals surface area contributed by atoms with Crippen molar-refractivity contribution in [3.05, 3.63) is 29.3 Å². The van der Waals surface area contributed by atoms with Gasteiger partial charge in [0.15, 0.2) is 0 Å². The number of methoxy groups -OCH3 is 1. The summed E-state index contributed by atoms with van der Waals surface area (Å²) in [5.41, 5.74) is 1.66. The van der Waals surface area contributed by atoms with Crippen LogP contribution in [0, 0.1) is 0 Å². The van der Waals surface area contributed by atoms with Gasteiger partial charge in [-0.2, -0.15) is 0 Å². The molecule has 100 valence electrons. The molecule has 0 aromatic heterocycles. The van der Waals surface area contributed by atoms with E-state index in [0.29, 0.717) is 11.3 Å². The van der Waals surface area contributed by atoms with Gasteiger partial charge in [-0.3, -0.25) is 4.79 Å². The Morgan fingerprint density at radius 2 is 2.21 bits per heavy atom. The molecule has 0 spiro atoms. The lowest BCUT2D eigenvalue weighted by molar-refractivity contribution is -0.146. The largest absolute Gasteiger partial charge is 0.496 e. The Morgan fingerprint density at radius 1 is 1.47 bits per heavy atom. The SMILES string of the molecule is COc1cc2c(cc1/C=C/C(=O)C(=O)O)OC(C)C2. The number of rotatable bonds is 4. The summed E-state index contributed by atoms with van der Waals surface area (Å²) < 4.78 is 10.8. The van der Waals surface area contributed by atoms with Gasteiger partial charge in [0.25, 0.3) is 5.78 Å². The maximum Gasteiger partial charge on any atom is 0.376 e. The van der Waals surface area contributed by atoms with Gasteiger partial charge in [-0.1, -0.05) is 0 Å². The zero-order valence-electron chi connectivity index (χ0n) is 10.7. The Kier molecular flexibility index (Phi) is 3.55. The first kappa shape index (κ1) is 13.1. The number of hydrogen-bond donors (Lipinski definition) is 1. The van der Waals surface area contributed by atoms with Gasteiger partial charge < -0.3 is 14.6 Å². The monoisotopic (exact) mass is 262 g/mol. The second-order valence-electron chi connectivity index (χ2n) is 4.34. The van der Waals surface area contributed by atoms with Gasteiger partial charge >= 0.3 is 5.97 Å². The fraction of sp³-hybridized carbons (Fsp3) is 0.286. The second kappa shape index (κ2) is 5.14. The van der Waals surface area contributed by atoms with E-state index in [-0.39, 0.29) is 6.10 Å². The molecule has 5 heteroatoms. The molecule has 2 rings (SSSR count). The fourth-order valence-electron chi connectivity index (χ4n) is 2.00. The van der Waals surface area contributed by atoms with E-state index in [1.165, 1.54) is 13.2 Å². The van der Waals surface area contributed by atoms with Gasteiger partial charge in [-0.15, -0.1) is 0 Å². The van der Waals surface area contributed by atoms with Gasteiger partial charge in [0.05, 0.1) is 7.11 Å². The molecule has 1 N–H and O–H groups in total. The van der Waals surface area contributed by atoms with Gasteiger partial charge in [0, 0.05) is 17.5 Å². The molecule has 1 unspecified atom stereocenters. The minimum Gasteiger partial charge on any atom is -0.496 e. The molecule has 0 bridgehead atoms. The lowest BCUT2D eigenvalue weighted by Crippen LogP contribution is -2.08. The topological polar surface area (TPSA) is 72.8 Å². The predicted molar refractivity (Wildman–Crippen MR) is 68.5 cm³/mol. The number of carbonyl (C=O) groups is 2. The molecule has 0 radical (unpaired) electrons. The molecule has 5 nitrogen and oxygen atoms in total. The van der Waals surface area contributed by atoms with E-state index < -0.39 is 11.8 Å². The molecule has 1 aliphatic heterocycles. The number of hydrogen-bond acceptors (Lipinski definition) is 4. The second-order valence-corrected chi connectivity index (χ2v) is 4.34. The summed E-state index contributed by atoms with van der Waals surface area (Å²) in [6.07, 6.45) is 3.34. The van der Waals surface area contributed by atoms with E-state index in [9.17, 15) is 9.59 Å². The number of fused-ring (bicyclic) bond motifs is 1. The predicted octanol–water partition coefficient (Wildman–Crippen LogP) is 1.69. The van der Waals surface area contributed by atoms with Crippen LogP contribution in [0.4, 0.5) is 0 Å². The lowest BCUT2D eigenvalue weighted by atomic mass is 10.1. The van der Waals surface area contributed by atoms with Crippen molar-refractivity contribution >= 4 is 17.8 Å². The molecule has 1 aromatic rings. The van der Waals surface area contributed by atoms with Crippen LogP contribution in [0.15, 0.2) is 18.2 Å². The molecular weight excluding hydrogens is 248 g/mol. The minimum absolute atomic E-state index is 0.111. The number of ketones is 1. The lowest BCUT2D eigenvalue weighted by Gasteiger charge is -2.08. The fourth-order valence-corrected chi connectivity index (χ4v) is 2.00. The Morgan fingerprint density at radius 3 is 2.84 bits per heavy atom. The van der Waals surface area contributed by atoms with Crippen LogP contribution >= 0.6 is 0 Å². The van der Waals surface area contributed by atoms with Gasteiger partial charge in [0.2, 0.25) is 0 Å².